The van der Waals surface area contributed by atoms with Crippen molar-refractivity contribution in [2.75, 3.05) is 37.8 Å². The Morgan fingerprint density at radius 2 is 1.61 bits per heavy atom. The van der Waals surface area contributed by atoms with Crippen LogP contribution >= 0.6 is 23.2 Å². The lowest BCUT2D eigenvalue weighted by atomic mass is 9.49. The van der Waals surface area contributed by atoms with Gasteiger partial charge in [-0.1, -0.05) is 89.5 Å². The van der Waals surface area contributed by atoms with Crippen molar-refractivity contribution in [3.05, 3.63) is 153 Å². The summed E-state index contributed by atoms with van der Waals surface area (Å²) in [6, 6.07) is 26.3. The van der Waals surface area contributed by atoms with Crippen LogP contribution in [0.15, 0.2) is 115 Å². The third-order valence-corrected chi connectivity index (χ3v) is 13.7. The second-order valence-corrected chi connectivity index (χ2v) is 17.4. The quantitative estimate of drug-likeness (QED) is 0.0705. The van der Waals surface area contributed by atoms with Crippen LogP contribution in [0.25, 0.3) is 12.2 Å². The van der Waals surface area contributed by atoms with Gasteiger partial charge in [0.15, 0.2) is 5.82 Å². The van der Waals surface area contributed by atoms with Gasteiger partial charge in [-0.3, -0.25) is 29.5 Å². The number of amides is 4. The van der Waals surface area contributed by atoms with Crippen molar-refractivity contribution >= 4 is 70.5 Å². The molecule has 17 heteroatoms. The number of hydrazine groups is 1. The molecule has 4 amide bonds. The highest BCUT2D eigenvalue weighted by molar-refractivity contribution is 6.33. The Balaban J connectivity index is 1.13. The molecule has 2 saturated heterocycles. The number of fused-ring (bicyclic) bond motifs is 4. The standard InChI is InChI=1S/C50H41Cl2F3N4O8/c1-65-33-17-20-40(66-2)28(23-33)10-7-27-8-15-32(16-9-27)58-45(61)36-19-18-34-37(42(36)47(58)63)25-38-46(62)59(57-44-39(52)24-30(26-56-44)50(53,54)55)48(64)49(38,29-11-13-31(51)14-12-29)43(34)35-5-3-4-6-41(35)67-22-21-60/h3-18,20,23-24,26,36-38,42-43,60H,19,21-22,25H2,1-2H3,(H,56,57). The second-order valence-electron chi connectivity index (χ2n) is 16.6. The highest BCUT2D eigenvalue weighted by Gasteiger charge is 2.71. The number of para-hydroxylation sites is 1. The molecular formula is C50H41Cl2F3N4O8. The van der Waals surface area contributed by atoms with E-state index in [9.17, 15) is 27.9 Å². The number of imide groups is 2. The Morgan fingerprint density at radius 3 is 2.30 bits per heavy atom. The van der Waals surface area contributed by atoms with Gasteiger partial charge in [0.1, 0.15) is 23.9 Å². The number of hydrogen-bond acceptors (Lipinski definition) is 10. The fourth-order valence-electron chi connectivity index (χ4n) is 10.3. The number of aliphatic hydroxyl groups excluding tert-OH is 1. The number of hydrogen-bond donors (Lipinski definition) is 2. The average molecular weight is 954 g/mol. The van der Waals surface area contributed by atoms with Crippen molar-refractivity contribution in [2.24, 2.45) is 23.7 Å². The van der Waals surface area contributed by atoms with Gasteiger partial charge in [-0.15, -0.1) is 0 Å². The Hall–Kier alpha value is -6.68. The molecule has 3 heterocycles. The monoisotopic (exact) mass is 952 g/mol. The lowest BCUT2D eigenvalue weighted by Crippen LogP contribution is -2.53. The highest BCUT2D eigenvalue weighted by atomic mass is 35.5. The molecule has 67 heavy (non-hydrogen) atoms. The molecule has 9 rings (SSSR count). The zero-order valence-corrected chi connectivity index (χ0v) is 37.3. The molecule has 344 valence electrons. The van der Waals surface area contributed by atoms with Crippen molar-refractivity contribution in [3.8, 4) is 17.2 Å². The van der Waals surface area contributed by atoms with E-state index in [-0.39, 0.29) is 31.9 Å². The summed E-state index contributed by atoms with van der Waals surface area (Å²) in [5.41, 5.74) is 3.10. The molecule has 2 N–H and O–H groups in total. The van der Waals surface area contributed by atoms with Crippen molar-refractivity contribution in [3.63, 3.8) is 0 Å². The molecule has 0 spiro atoms. The maximum Gasteiger partial charge on any atom is 0.417 e. The summed E-state index contributed by atoms with van der Waals surface area (Å²) < 4.78 is 57.8. The number of methoxy groups -OCH3 is 2. The molecule has 0 bridgehead atoms. The molecule has 4 aliphatic rings. The molecule has 12 nitrogen and oxygen atoms in total. The van der Waals surface area contributed by atoms with E-state index < -0.39 is 75.4 Å². The summed E-state index contributed by atoms with van der Waals surface area (Å²) in [7, 11) is 3.14. The number of rotatable bonds is 12. The number of halogens is 5. The zero-order chi connectivity index (χ0) is 47.4. The molecule has 5 aromatic rings. The van der Waals surface area contributed by atoms with E-state index in [1.807, 2.05) is 24.3 Å². The Morgan fingerprint density at radius 1 is 0.866 bits per heavy atom. The number of aromatic nitrogens is 1. The van der Waals surface area contributed by atoms with E-state index >= 15 is 9.59 Å². The van der Waals surface area contributed by atoms with E-state index in [0.717, 1.165) is 16.1 Å². The van der Waals surface area contributed by atoms with Gasteiger partial charge < -0.3 is 19.3 Å². The van der Waals surface area contributed by atoms with Crippen LogP contribution in [0.1, 0.15) is 46.6 Å². The fourth-order valence-corrected chi connectivity index (χ4v) is 10.6. The van der Waals surface area contributed by atoms with Gasteiger partial charge >= 0.3 is 6.18 Å². The van der Waals surface area contributed by atoms with Crippen LogP contribution in [0.3, 0.4) is 0 Å². The van der Waals surface area contributed by atoms with Crippen LogP contribution in [0.5, 0.6) is 17.2 Å². The van der Waals surface area contributed by atoms with Crippen LogP contribution in [-0.2, 0) is 30.8 Å². The summed E-state index contributed by atoms with van der Waals surface area (Å²) >= 11 is 12.7. The van der Waals surface area contributed by atoms with Gasteiger partial charge in [-0.25, -0.2) is 4.98 Å². The number of carbonyl (C=O) groups excluding carboxylic acids is 4. The largest absolute Gasteiger partial charge is 0.497 e. The van der Waals surface area contributed by atoms with Crippen LogP contribution in [0.4, 0.5) is 24.7 Å². The number of nitrogens with one attached hydrogen (secondary N) is 1. The SMILES string of the molecule is COc1ccc(OC)c(C=Cc2ccc(N3C(=O)C4CC=C5C(CC6C(=O)N(Nc7ncc(C(F)(F)F)cc7Cl)C(=O)C6(c6ccc(Cl)cc6)C5c5ccccc5OCCO)C4C3=O)cc2)c1. The number of pyridine rings is 1. The number of ether oxygens (including phenoxy) is 3. The van der Waals surface area contributed by atoms with E-state index in [2.05, 4.69) is 10.4 Å². The summed E-state index contributed by atoms with van der Waals surface area (Å²) in [6.45, 7) is -0.450. The van der Waals surface area contributed by atoms with Crippen molar-refractivity contribution < 1.29 is 51.7 Å². The van der Waals surface area contributed by atoms with Gasteiger partial charge in [0.05, 0.1) is 60.3 Å². The minimum Gasteiger partial charge on any atom is -0.497 e. The lowest BCUT2D eigenvalue weighted by molar-refractivity contribution is -0.139. The molecule has 1 saturated carbocycles. The molecule has 6 atom stereocenters. The number of alkyl halides is 3. The van der Waals surface area contributed by atoms with Crippen molar-refractivity contribution in [2.45, 2.75) is 30.4 Å². The first kappa shape index (κ1) is 45.5. The maximum absolute atomic E-state index is 15.6. The zero-order valence-electron chi connectivity index (χ0n) is 35.8. The first-order valence-corrected chi connectivity index (χ1v) is 22.0. The molecular weight excluding hydrogens is 912 g/mol. The van der Waals surface area contributed by atoms with Gasteiger partial charge in [0.2, 0.25) is 11.8 Å². The van der Waals surface area contributed by atoms with Crippen LogP contribution < -0.4 is 24.5 Å². The fraction of sp³-hybridized carbons (Fsp3) is 0.260. The Labute approximate surface area is 392 Å². The predicted octanol–water partition coefficient (Wildman–Crippen LogP) is 9.16. The minimum atomic E-state index is -4.77. The summed E-state index contributed by atoms with van der Waals surface area (Å²) in [5.74, 6) is -5.97. The average Bonchev–Trinajstić information content (AvgIpc) is 3.71. The van der Waals surface area contributed by atoms with Crippen molar-refractivity contribution in [1.82, 2.24) is 9.99 Å². The Kier molecular flexibility index (Phi) is 12.1. The molecule has 0 radical (unpaired) electrons. The van der Waals surface area contributed by atoms with Gasteiger partial charge in [-0.2, -0.15) is 18.2 Å². The maximum atomic E-state index is 15.6. The second kappa shape index (κ2) is 17.8. The van der Waals surface area contributed by atoms with Crippen molar-refractivity contribution in [1.29, 1.82) is 0 Å². The predicted molar refractivity (Wildman–Crippen MR) is 243 cm³/mol. The first-order chi connectivity index (χ1) is 32.2. The van der Waals surface area contributed by atoms with Crippen LogP contribution in [-0.4, -0.2) is 66.2 Å². The smallest absolute Gasteiger partial charge is 0.417 e. The van der Waals surface area contributed by atoms with E-state index in [0.29, 0.717) is 56.9 Å². The minimum absolute atomic E-state index is 0.0763. The molecule has 1 aromatic heterocycles. The topological polar surface area (TPSA) is 148 Å². The number of carbonyl (C=O) groups is 4. The normalized spacial score (nSPS) is 23.5. The van der Waals surface area contributed by atoms with Gasteiger partial charge in [0.25, 0.3) is 11.8 Å². The summed E-state index contributed by atoms with van der Waals surface area (Å²) in [6.07, 6.45) is 1.43. The third kappa shape index (κ3) is 7.78. The number of allylic oxidation sites excluding steroid dienone is 2. The molecule has 2 aliphatic carbocycles. The van der Waals surface area contributed by atoms with E-state index in [4.69, 9.17) is 37.4 Å². The molecule has 2 aliphatic heterocycles. The number of anilines is 2. The van der Waals surface area contributed by atoms with E-state index in [1.54, 1.807) is 99.1 Å². The molecule has 6 unspecified atom stereocenters. The Bertz CT molecular complexity index is 2860. The first-order valence-electron chi connectivity index (χ1n) is 21.3. The number of nitrogens with zero attached hydrogens (tertiary/aromatic N) is 3. The number of benzene rings is 4. The van der Waals surface area contributed by atoms with E-state index in [1.165, 1.54) is 4.90 Å². The molecule has 3 fully saturated rings. The summed E-state index contributed by atoms with van der Waals surface area (Å²) in [5, 5.41) is 10.4. The van der Waals surface area contributed by atoms with Gasteiger partial charge in [-0.05, 0) is 84.5 Å². The molecule has 4 aromatic carbocycles. The highest BCUT2D eigenvalue weighted by Crippen LogP contribution is 2.65. The number of aliphatic hydroxyl groups is 1. The van der Waals surface area contributed by atoms with Gasteiger partial charge in [0, 0.05) is 28.3 Å². The lowest BCUT2D eigenvalue weighted by Gasteiger charge is -2.50. The van der Waals surface area contributed by atoms with Crippen LogP contribution in [0, 0.1) is 23.7 Å². The summed E-state index contributed by atoms with van der Waals surface area (Å²) in [4.78, 5) is 65.1. The third-order valence-electron chi connectivity index (χ3n) is 13.2. The van der Waals surface area contributed by atoms with Crippen LogP contribution in [0.2, 0.25) is 10.0 Å².